The summed E-state index contributed by atoms with van der Waals surface area (Å²) in [5.74, 6) is -0.525. The van der Waals surface area contributed by atoms with Gasteiger partial charge in [-0.1, -0.05) is 12.1 Å². The fraction of sp³-hybridized carbons (Fsp3) is 0.154. The van der Waals surface area contributed by atoms with Crippen LogP contribution >= 0.6 is 0 Å². The zero-order valence-electron chi connectivity index (χ0n) is 9.71. The van der Waals surface area contributed by atoms with Gasteiger partial charge >= 0.3 is 6.18 Å². The minimum absolute atomic E-state index is 0.0424. The molecule has 0 aliphatic rings. The number of alkyl halides is 3. The molecule has 2 rings (SSSR count). The van der Waals surface area contributed by atoms with Crippen LogP contribution in [0.25, 0.3) is 0 Å². The van der Waals surface area contributed by atoms with Crippen molar-refractivity contribution >= 4 is 5.69 Å². The maximum Gasteiger partial charge on any atom is 0.418 e. The summed E-state index contributed by atoms with van der Waals surface area (Å²) in [4.78, 5) is 3.63. The second kappa shape index (κ2) is 5.26. The third kappa shape index (κ3) is 3.43. The van der Waals surface area contributed by atoms with E-state index >= 15 is 0 Å². The molecular weight excluding hydrogens is 260 g/mol. The molecule has 2 aromatic rings. The minimum atomic E-state index is -4.43. The molecular formula is C13H10F4N2. The van der Waals surface area contributed by atoms with Gasteiger partial charge in [-0.05, 0) is 23.8 Å². The fourth-order valence-corrected chi connectivity index (χ4v) is 1.63. The van der Waals surface area contributed by atoms with Crippen LogP contribution in [0.15, 0.2) is 42.7 Å². The normalized spacial score (nSPS) is 11.4. The number of anilines is 1. The lowest BCUT2D eigenvalue weighted by atomic mass is 10.1. The van der Waals surface area contributed by atoms with Crippen LogP contribution in [-0.2, 0) is 12.7 Å². The summed E-state index contributed by atoms with van der Waals surface area (Å²) in [5.41, 5.74) is -0.324. The van der Waals surface area contributed by atoms with E-state index < -0.39 is 17.6 Å². The molecule has 100 valence electrons. The van der Waals surface area contributed by atoms with E-state index in [2.05, 4.69) is 10.3 Å². The molecule has 0 saturated carbocycles. The first kappa shape index (κ1) is 13.3. The minimum Gasteiger partial charge on any atom is -0.380 e. The van der Waals surface area contributed by atoms with Crippen molar-refractivity contribution in [2.75, 3.05) is 5.32 Å². The molecule has 0 aliphatic carbocycles. The molecule has 0 saturated heterocycles. The molecule has 0 atom stereocenters. The average Bonchev–Trinajstić information content (AvgIpc) is 2.36. The second-order valence-electron chi connectivity index (χ2n) is 3.91. The van der Waals surface area contributed by atoms with Gasteiger partial charge in [0.2, 0.25) is 0 Å². The maximum atomic E-state index is 12.9. The third-order valence-corrected chi connectivity index (χ3v) is 2.48. The zero-order valence-corrected chi connectivity index (χ0v) is 9.71. The van der Waals surface area contributed by atoms with E-state index in [-0.39, 0.29) is 12.2 Å². The molecule has 6 heteroatoms. The van der Waals surface area contributed by atoms with Crippen LogP contribution in [0.5, 0.6) is 0 Å². The van der Waals surface area contributed by atoms with Gasteiger partial charge in [0.05, 0.1) is 11.8 Å². The maximum absolute atomic E-state index is 12.9. The molecule has 0 amide bonds. The first-order chi connectivity index (χ1) is 8.97. The van der Waals surface area contributed by atoms with E-state index in [4.69, 9.17) is 0 Å². The van der Waals surface area contributed by atoms with Crippen LogP contribution in [0.2, 0.25) is 0 Å². The highest BCUT2D eigenvalue weighted by atomic mass is 19.4. The van der Waals surface area contributed by atoms with Crippen molar-refractivity contribution in [3.63, 3.8) is 0 Å². The monoisotopic (exact) mass is 270 g/mol. The summed E-state index contributed by atoms with van der Waals surface area (Å²) in [6, 6.07) is 6.36. The lowest BCUT2D eigenvalue weighted by Gasteiger charge is -2.14. The number of rotatable bonds is 3. The highest BCUT2D eigenvalue weighted by Crippen LogP contribution is 2.34. The summed E-state index contributed by atoms with van der Waals surface area (Å²) in [5, 5.41) is 2.64. The number of benzene rings is 1. The SMILES string of the molecule is Fc1cncc(CNc2ccccc2C(F)(F)F)c1. The molecule has 1 aromatic heterocycles. The van der Waals surface area contributed by atoms with Crippen LogP contribution < -0.4 is 5.32 Å². The Hall–Kier alpha value is -2.11. The second-order valence-corrected chi connectivity index (χ2v) is 3.91. The van der Waals surface area contributed by atoms with Crippen molar-refractivity contribution in [3.05, 3.63) is 59.7 Å². The number of nitrogens with one attached hydrogen (secondary N) is 1. The third-order valence-electron chi connectivity index (χ3n) is 2.48. The highest BCUT2D eigenvalue weighted by Gasteiger charge is 2.32. The Morgan fingerprint density at radius 2 is 1.84 bits per heavy atom. The number of pyridine rings is 1. The van der Waals surface area contributed by atoms with E-state index in [0.29, 0.717) is 5.56 Å². The number of hydrogen-bond donors (Lipinski definition) is 1. The molecule has 1 aromatic carbocycles. The van der Waals surface area contributed by atoms with E-state index in [1.54, 1.807) is 0 Å². The predicted molar refractivity (Wildman–Crippen MR) is 63.0 cm³/mol. The molecule has 0 unspecified atom stereocenters. The Balaban J connectivity index is 2.16. The van der Waals surface area contributed by atoms with Gasteiger partial charge in [0, 0.05) is 18.4 Å². The average molecular weight is 270 g/mol. The van der Waals surface area contributed by atoms with Gasteiger partial charge in [0.1, 0.15) is 5.82 Å². The van der Waals surface area contributed by atoms with Crippen molar-refractivity contribution in [2.24, 2.45) is 0 Å². The quantitative estimate of drug-likeness (QED) is 0.857. The van der Waals surface area contributed by atoms with Crippen molar-refractivity contribution < 1.29 is 17.6 Å². The van der Waals surface area contributed by atoms with Crippen molar-refractivity contribution in [1.82, 2.24) is 4.98 Å². The van der Waals surface area contributed by atoms with Crippen molar-refractivity contribution in [2.45, 2.75) is 12.7 Å². The molecule has 1 N–H and O–H groups in total. The van der Waals surface area contributed by atoms with E-state index in [1.165, 1.54) is 30.5 Å². The Labute approximate surface area is 107 Å². The van der Waals surface area contributed by atoms with Gasteiger partial charge in [-0.15, -0.1) is 0 Å². The summed E-state index contributed by atoms with van der Waals surface area (Å²) >= 11 is 0. The van der Waals surface area contributed by atoms with E-state index in [0.717, 1.165) is 12.3 Å². The first-order valence-electron chi connectivity index (χ1n) is 5.46. The molecule has 0 bridgehead atoms. The molecule has 0 spiro atoms. The number of aromatic nitrogens is 1. The number of halogens is 4. The number of para-hydroxylation sites is 1. The Morgan fingerprint density at radius 1 is 1.11 bits per heavy atom. The van der Waals surface area contributed by atoms with Gasteiger partial charge in [0.15, 0.2) is 0 Å². The Kier molecular flexibility index (Phi) is 3.69. The lowest BCUT2D eigenvalue weighted by Crippen LogP contribution is -2.10. The summed E-state index contributed by atoms with van der Waals surface area (Å²) in [6.45, 7) is 0.0673. The van der Waals surface area contributed by atoms with Crippen molar-refractivity contribution in [3.8, 4) is 0 Å². The molecule has 0 aliphatic heterocycles. The Bertz CT molecular complexity index is 567. The van der Waals surface area contributed by atoms with Gasteiger partial charge in [-0.3, -0.25) is 4.98 Å². The van der Waals surface area contributed by atoms with Crippen LogP contribution in [0.4, 0.5) is 23.2 Å². The highest BCUT2D eigenvalue weighted by molar-refractivity contribution is 5.52. The van der Waals surface area contributed by atoms with Crippen LogP contribution in [0.1, 0.15) is 11.1 Å². The Morgan fingerprint density at radius 3 is 2.53 bits per heavy atom. The van der Waals surface area contributed by atoms with E-state index in [1.807, 2.05) is 0 Å². The van der Waals surface area contributed by atoms with Gasteiger partial charge in [0.25, 0.3) is 0 Å². The molecule has 2 nitrogen and oxygen atoms in total. The summed E-state index contributed by atoms with van der Waals surface area (Å²) in [6.07, 6.45) is -2.00. The lowest BCUT2D eigenvalue weighted by molar-refractivity contribution is -0.136. The molecule has 19 heavy (non-hydrogen) atoms. The van der Waals surface area contributed by atoms with Crippen molar-refractivity contribution in [1.29, 1.82) is 0 Å². The molecule has 0 fully saturated rings. The topological polar surface area (TPSA) is 24.9 Å². The first-order valence-corrected chi connectivity index (χ1v) is 5.46. The molecule has 1 heterocycles. The van der Waals surface area contributed by atoms with Gasteiger partial charge in [-0.25, -0.2) is 4.39 Å². The smallest absolute Gasteiger partial charge is 0.380 e. The molecule has 0 radical (unpaired) electrons. The van der Waals surface area contributed by atoms with Gasteiger partial charge < -0.3 is 5.32 Å². The largest absolute Gasteiger partial charge is 0.418 e. The fourth-order valence-electron chi connectivity index (χ4n) is 1.63. The number of hydrogen-bond acceptors (Lipinski definition) is 2. The summed E-state index contributed by atoms with van der Waals surface area (Å²) < 4.78 is 51.1. The standard InChI is InChI=1S/C13H10F4N2/c14-10-5-9(6-18-8-10)7-19-12-4-2-1-3-11(12)13(15,16)17/h1-6,8,19H,7H2. The number of nitrogens with zero attached hydrogens (tertiary/aromatic N) is 1. The van der Waals surface area contributed by atoms with E-state index in [9.17, 15) is 17.6 Å². The van der Waals surface area contributed by atoms with Gasteiger partial charge in [-0.2, -0.15) is 13.2 Å². The zero-order chi connectivity index (χ0) is 13.9. The van der Waals surface area contributed by atoms with Crippen LogP contribution in [0, 0.1) is 5.82 Å². The predicted octanol–water partition coefficient (Wildman–Crippen LogP) is 3.85. The van der Waals surface area contributed by atoms with Crippen LogP contribution in [-0.4, -0.2) is 4.98 Å². The summed E-state index contributed by atoms with van der Waals surface area (Å²) in [7, 11) is 0. The van der Waals surface area contributed by atoms with Crippen LogP contribution in [0.3, 0.4) is 0 Å².